The number of rotatable bonds is 4. The third-order valence-corrected chi connectivity index (χ3v) is 5.84. The number of carbonyl (C=O) groups is 1. The van der Waals surface area contributed by atoms with Crippen molar-refractivity contribution in [2.24, 2.45) is 0 Å². The molecule has 0 aromatic carbocycles. The van der Waals surface area contributed by atoms with Crippen LogP contribution in [-0.4, -0.2) is 26.7 Å². The normalized spacial score (nSPS) is 27.5. The molecule has 1 aliphatic heterocycles. The van der Waals surface area contributed by atoms with Gasteiger partial charge in [0, 0.05) is 29.9 Å². The molecule has 1 aliphatic rings. The second-order valence-corrected chi connectivity index (χ2v) is 7.42. The molecule has 3 N–H and O–H groups in total. The summed E-state index contributed by atoms with van der Waals surface area (Å²) in [5.41, 5.74) is 2.40. The number of nitrogens with one attached hydrogen (secondary N) is 3. The Balaban J connectivity index is 1.87. The molecule has 2 aromatic rings. The third-order valence-electron chi connectivity index (χ3n) is 3.34. The molecule has 0 bridgehead atoms. The van der Waals surface area contributed by atoms with Crippen molar-refractivity contribution in [2.75, 3.05) is 11.1 Å². The van der Waals surface area contributed by atoms with Gasteiger partial charge in [-0.3, -0.25) is 20.1 Å². The van der Waals surface area contributed by atoms with E-state index >= 15 is 0 Å². The summed E-state index contributed by atoms with van der Waals surface area (Å²) < 4.78 is 0. The largest absolute Gasteiger partial charge is 0.340 e. The van der Waals surface area contributed by atoms with E-state index in [1.807, 2.05) is 23.8 Å². The van der Waals surface area contributed by atoms with Crippen LogP contribution in [-0.2, 0) is 10.3 Å². The van der Waals surface area contributed by atoms with Crippen LogP contribution in [0.5, 0.6) is 0 Å². The number of thiazole rings is 1. The van der Waals surface area contributed by atoms with Crippen LogP contribution in [0.25, 0.3) is 0 Å². The summed E-state index contributed by atoms with van der Waals surface area (Å²) in [6.45, 7) is 3.62. The van der Waals surface area contributed by atoms with Crippen molar-refractivity contribution in [3.8, 4) is 0 Å². The van der Waals surface area contributed by atoms with E-state index < -0.39 is 5.12 Å². The molecule has 1 fully saturated rings. The van der Waals surface area contributed by atoms with E-state index in [4.69, 9.17) is 0 Å². The summed E-state index contributed by atoms with van der Waals surface area (Å²) in [7, 11) is 0. The second kappa shape index (κ2) is 5.86. The van der Waals surface area contributed by atoms with Crippen molar-refractivity contribution < 1.29 is 4.79 Å². The molecule has 1 amide bonds. The topological polar surface area (TPSA) is 78.9 Å². The van der Waals surface area contributed by atoms with E-state index in [0.29, 0.717) is 0 Å². The first-order chi connectivity index (χ1) is 10.5. The molecule has 116 valence electrons. The lowest BCUT2D eigenvalue weighted by molar-refractivity contribution is -0.120. The Hall–Kier alpha value is -1.64. The van der Waals surface area contributed by atoms with Gasteiger partial charge in [0.1, 0.15) is 0 Å². The van der Waals surface area contributed by atoms with E-state index in [-0.39, 0.29) is 11.4 Å². The third kappa shape index (κ3) is 3.08. The molecule has 3 heterocycles. The van der Waals surface area contributed by atoms with Crippen molar-refractivity contribution in [1.29, 1.82) is 0 Å². The highest BCUT2D eigenvalue weighted by atomic mass is 32.2. The smallest absolute Gasteiger partial charge is 0.220 e. The van der Waals surface area contributed by atoms with Gasteiger partial charge in [0.25, 0.3) is 0 Å². The lowest BCUT2D eigenvalue weighted by Crippen LogP contribution is -2.61. The molecule has 0 aliphatic carbocycles. The fraction of sp³-hybridized carbons (Fsp3) is 0.357. The standard InChI is InChI=1S/C14H17N5OS2/c1-10(20)17-14(18-11-4-3-5-15-6-11)19-13(2,8-22-14)12-7-16-9-21-12/h3-7,9,18-19H,8H2,1-2H3,(H,17,20). The summed E-state index contributed by atoms with van der Waals surface area (Å²) in [4.78, 5) is 21.1. The first-order valence-electron chi connectivity index (χ1n) is 6.81. The zero-order chi connectivity index (χ0) is 15.6. The van der Waals surface area contributed by atoms with Gasteiger partial charge in [-0.25, -0.2) is 0 Å². The van der Waals surface area contributed by atoms with Crippen molar-refractivity contribution in [1.82, 2.24) is 20.6 Å². The maximum Gasteiger partial charge on any atom is 0.220 e. The van der Waals surface area contributed by atoms with Crippen molar-refractivity contribution in [3.05, 3.63) is 41.1 Å². The predicted octanol–water partition coefficient (Wildman–Crippen LogP) is 1.95. The van der Waals surface area contributed by atoms with Crippen LogP contribution < -0.4 is 16.0 Å². The summed E-state index contributed by atoms with van der Waals surface area (Å²) in [6, 6.07) is 3.77. The second-order valence-electron chi connectivity index (χ2n) is 5.34. The molecule has 3 rings (SSSR count). The number of amides is 1. The maximum absolute atomic E-state index is 11.7. The van der Waals surface area contributed by atoms with Gasteiger partial charge in [0.15, 0.2) is 0 Å². The lowest BCUT2D eigenvalue weighted by Gasteiger charge is -2.34. The predicted molar refractivity (Wildman–Crippen MR) is 89.5 cm³/mol. The molecule has 0 radical (unpaired) electrons. The Morgan fingerprint density at radius 2 is 2.27 bits per heavy atom. The summed E-state index contributed by atoms with van der Waals surface area (Å²) >= 11 is 3.22. The van der Waals surface area contributed by atoms with E-state index in [1.165, 1.54) is 6.92 Å². The molecular formula is C14H17N5OS2. The van der Waals surface area contributed by atoms with Gasteiger partial charge in [-0.15, -0.1) is 11.3 Å². The van der Waals surface area contributed by atoms with Crippen LogP contribution in [0.1, 0.15) is 18.7 Å². The Bertz CT molecular complexity index is 651. The van der Waals surface area contributed by atoms with Crippen LogP contribution >= 0.6 is 23.1 Å². The number of pyridine rings is 1. The summed E-state index contributed by atoms with van der Waals surface area (Å²) in [5.74, 6) is 0.702. The van der Waals surface area contributed by atoms with E-state index in [0.717, 1.165) is 16.3 Å². The molecular weight excluding hydrogens is 318 g/mol. The van der Waals surface area contributed by atoms with Gasteiger partial charge in [-0.1, -0.05) is 11.8 Å². The number of hydrogen-bond acceptors (Lipinski definition) is 7. The van der Waals surface area contributed by atoms with Crippen LogP contribution in [0.3, 0.4) is 0 Å². The SMILES string of the molecule is CC(=O)NC1(Nc2cccnc2)NC(C)(c2cncs2)CS1. The highest BCUT2D eigenvalue weighted by Gasteiger charge is 2.48. The monoisotopic (exact) mass is 335 g/mol. The minimum atomic E-state index is -0.770. The highest BCUT2D eigenvalue weighted by Crippen LogP contribution is 2.41. The Morgan fingerprint density at radius 1 is 1.41 bits per heavy atom. The zero-order valence-corrected chi connectivity index (χ0v) is 13.9. The van der Waals surface area contributed by atoms with Crippen LogP contribution in [0.2, 0.25) is 0 Å². The molecule has 2 aromatic heterocycles. The van der Waals surface area contributed by atoms with E-state index in [2.05, 4.69) is 32.8 Å². The molecule has 0 saturated carbocycles. The van der Waals surface area contributed by atoms with E-state index in [1.54, 1.807) is 35.5 Å². The number of thioether (sulfide) groups is 1. The van der Waals surface area contributed by atoms with Crippen LogP contribution in [0.15, 0.2) is 36.2 Å². The Morgan fingerprint density at radius 3 is 2.91 bits per heavy atom. The Kier molecular flexibility index (Phi) is 4.07. The molecule has 2 unspecified atom stereocenters. The Labute approximate surface area is 137 Å². The fourth-order valence-electron chi connectivity index (χ4n) is 2.39. The highest BCUT2D eigenvalue weighted by molar-refractivity contribution is 8.01. The van der Waals surface area contributed by atoms with Crippen molar-refractivity contribution in [2.45, 2.75) is 24.5 Å². The lowest BCUT2D eigenvalue weighted by atomic mass is 10.0. The minimum absolute atomic E-state index is 0.107. The molecule has 22 heavy (non-hydrogen) atoms. The first kappa shape index (κ1) is 15.3. The van der Waals surface area contributed by atoms with Crippen molar-refractivity contribution >= 4 is 34.7 Å². The number of aromatic nitrogens is 2. The number of carbonyl (C=O) groups excluding carboxylic acids is 1. The molecule has 1 saturated heterocycles. The zero-order valence-electron chi connectivity index (χ0n) is 12.3. The first-order valence-corrected chi connectivity index (χ1v) is 8.67. The van der Waals surface area contributed by atoms with Gasteiger partial charge in [0.05, 0.1) is 22.9 Å². The molecule has 2 atom stereocenters. The van der Waals surface area contributed by atoms with Crippen LogP contribution in [0.4, 0.5) is 5.69 Å². The average molecular weight is 335 g/mol. The van der Waals surface area contributed by atoms with Crippen molar-refractivity contribution in [3.63, 3.8) is 0 Å². The molecule has 0 spiro atoms. The van der Waals surface area contributed by atoms with Gasteiger partial charge in [-0.05, 0) is 19.1 Å². The summed E-state index contributed by atoms with van der Waals surface area (Å²) in [5, 5.41) is 9.08. The fourth-order valence-corrected chi connectivity index (χ4v) is 4.66. The van der Waals surface area contributed by atoms with E-state index in [9.17, 15) is 4.79 Å². The molecule has 6 nitrogen and oxygen atoms in total. The average Bonchev–Trinajstić information content (AvgIpc) is 3.09. The quantitative estimate of drug-likeness (QED) is 0.741. The van der Waals surface area contributed by atoms with Gasteiger partial charge >= 0.3 is 0 Å². The van der Waals surface area contributed by atoms with Crippen LogP contribution in [0, 0.1) is 0 Å². The van der Waals surface area contributed by atoms with Gasteiger partial charge in [-0.2, -0.15) is 0 Å². The minimum Gasteiger partial charge on any atom is -0.340 e. The number of anilines is 1. The van der Waals surface area contributed by atoms with Gasteiger partial charge < -0.3 is 10.6 Å². The summed E-state index contributed by atoms with van der Waals surface area (Å²) in [6.07, 6.45) is 5.31. The number of nitrogens with zero attached hydrogens (tertiary/aromatic N) is 2. The molecule has 8 heteroatoms. The number of hydrogen-bond donors (Lipinski definition) is 3. The maximum atomic E-state index is 11.7. The van der Waals surface area contributed by atoms with Gasteiger partial charge in [0.2, 0.25) is 11.0 Å².